The molecule has 1 aliphatic carbocycles. The lowest BCUT2D eigenvalue weighted by atomic mass is 10.2. The van der Waals surface area contributed by atoms with Crippen molar-refractivity contribution in [2.24, 2.45) is 0 Å². The highest BCUT2D eigenvalue weighted by molar-refractivity contribution is 7.98. The summed E-state index contributed by atoms with van der Waals surface area (Å²) in [5.74, 6) is 2.38. The van der Waals surface area contributed by atoms with Crippen molar-refractivity contribution in [3.8, 4) is 0 Å². The molecule has 4 nitrogen and oxygen atoms in total. The summed E-state index contributed by atoms with van der Waals surface area (Å²) in [5.41, 5.74) is 1.40. The van der Waals surface area contributed by atoms with Crippen molar-refractivity contribution in [2.75, 3.05) is 18.5 Å². The molecular formula is C18H18ClN3OS2. The van der Waals surface area contributed by atoms with E-state index in [4.69, 9.17) is 26.7 Å². The number of anilines is 1. The van der Waals surface area contributed by atoms with Gasteiger partial charge in [0.1, 0.15) is 16.5 Å². The Morgan fingerprint density at radius 1 is 1.20 bits per heavy atom. The van der Waals surface area contributed by atoms with E-state index in [1.165, 1.54) is 16.9 Å². The highest BCUT2D eigenvalue weighted by atomic mass is 35.5. The Morgan fingerprint density at radius 3 is 2.84 bits per heavy atom. The molecule has 1 aromatic carbocycles. The van der Waals surface area contributed by atoms with Gasteiger partial charge in [-0.2, -0.15) is 0 Å². The quantitative estimate of drug-likeness (QED) is 0.604. The molecule has 0 spiro atoms. The first-order valence-corrected chi connectivity index (χ1v) is 10.5. The van der Waals surface area contributed by atoms with Crippen LogP contribution in [-0.2, 0) is 18.6 Å². The molecule has 3 aromatic rings. The summed E-state index contributed by atoms with van der Waals surface area (Å²) in [6, 6.07) is 7.81. The molecule has 2 N–H and O–H groups in total. The summed E-state index contributed by atoms with van der Waals surface area (Å²) in [5, 5.41) is 14.3. The van der Waals surface area contributed by atoms with Crippen molar-refractivity contribution >= 4 is 50.7 Å². The first-order valence-electron chi connectivity index (χ1n) is 8.29. The van der Waals surface area contributed by atoms with E-state index in [2.05, 4.69) is 5.32 Å². The van der Waals surface area contributed by atoms with E-state index >= 15 is 0 Å². The van der Waals surface area contributed by atoms with E-state index < -0.39 is 0 Å². The minimum Gasteiger partial charge on any atom is -0.395 e. The van der Waals surface area contributed by atoms with Gasteiger partial charge in [0, 0.05) is 21.3 Å². The SMILES string of the molecule is OCCNc1nc(CSc2ccc(Cl)cc2)nc2sc3c(c12)CCC3. The van der Waals surface area contributed by atoms with Crippen molar-refractivity contribution in [1.29, 1.82) is 0 Å². The molecule has 0 atom stereocenters. The second kappa shape index (κ2) is 7.50. The predicted octanol–water partition coefficient (Wildman–Crippen LogP) is 4.53. The minimum absolute atomic E-state index is 0.0900. The zero-order chi connectivity index (χ0) is 17.2. The molecule has 0 unspecified atom stereocenters. The van der Waals surface area contributed by atoms with Gasteiger partial charge in [-0.3, -0.25) is 0 Å². The highest BCUT2D eigenvalue weighted by Gasteiger charge is 2.22. The van der Waals surface area contributed by atoms with E-state index in [-0.39, 0.29) is 6.61 Å². The molecule has 0 aliphatic heterocycles. The number of thiophene rings is 1. The van der Waals surface area contributed by atoms with Crippen LogP contribution in [0, 0.1) is 0 Å². The van der Waals surface area contributed by atoms with Gasteiger partial charge in [0.05, 0.1) is 17.7 Å². The zero-order valence-corrected chi connectivity index (χ0v) is 16.0. The first-order chi connectivity index (χ1) is 12.2. The maximum Gasteiger partial charge on any atom is 0.142 e. The number of halogens is 1. The molecule has 0 fully saturated rings. The average molecular weight is 392 g/mol. The molecule has 4 rings (SSSR count). The van der Waals surface area contributed by atoms with E-state index in [0.717, 1.165) is 44.6 Å². The third kappa shape index (κ3) is 3.62. The van der Waals surface area contributed by atoms with E-state index in [1.54, 1.807) is 23.1 Å². The molecule has 130 valence electrons. The number of hydrogen-bond donors (Lipinski definition) is 2. The Kier molecular flexibility index (Phi) is 5.12. The Hall–Kier alpha value is -1.34. The molecule has 25 heavy (non-hydrogen) atoms. The van der Waals surface area contributed by atoms with Gasteiger partial charge in [0.25, 0.3) is 0 Å². The molecule has 2 heterocycles. The minimum atomic E-state index is 0.0900. The van der Waals surface area contributed by atoms with Gasteiger partial charge < -0.3 is 10.4 Å². The van der Waals surface area contributed by atoms with Gasteiger partial charge in [0.2, 0.25) is 0 Å². The second-order valence-electron chi connectivity index (χ2n) is 5.92. The Morgan fingerprint density at radius 2 is 2.04 bits per heavy atom. The largest absolute Gasteiger partial charge is 0.395 e. The summed E-state index contributed by atoms with van der Waals surface area (Å²) in [4.78, 5) is 13.2. The van der Waals surface area contributed by atoms with Gasteiger partial charge in [0.15, 0.2) is 0 Å². The van der Waals surface area contributed by atoms with Crippen LogP contribution in [0.5, 0.6) is 0 Å². The molecule has 0 saturated carbocycles. The third-order valence-corrected chi connectivity index (χ3v) is 6.64. The van der Waals surface area contributed by atoms with Crippen LogP contribution in [0.2, 0.25) is 5.02 Å². The zero-order valence-electron chi connectivity index (χ0n) is 13.6. The van der Waals surface area contributed by atoms with Crippen LogP contribution < -0.4 is 5.32 Å². The fourth-order valence-electron chi connectivity index (χ4n) is 3.09. The highest BCUT2D eigenvalue weighted by Crippen LogP contribution is 2.39. The number of aryl methyl sites for hydroxylation is 2. The molecule has 0 radical (unpaired) electrons. The van der Waals surface area contributed by atoms with Gasteiger partial charge in [-0.25, -0.2) is 9.97 Å². The van der Waals surface area contributed by atoms with Crippen molar-refractivity contribution < 1.29 is 5.11 Å². The summed E-state index contributed by atoms with van der Waals surface area (Å²) >= 11 is 9.43. The summed E-state index contributed by atoms with van der Waals surface area (Å²) in [6.45, 7) is 0.590. The number of hydrogen-bond acceptors (Lipinski definition) is 6. The number of fused-ring (bicyclic) bond motifs is 3. The molecule has 2 aromatic heterocycles. The van der Waals surface area contributed by atoms with Gasteiger partial charge in [-0.1, -0.05) is 11.6 Å². The Bertz CT molecular complexity index is 895. The average Bonchev–Trinajstić information content (AvgIpc) is 3.20. The lowest BCUT2D eigenvalue weighted by molar-refractivity contribution is 0.311. The van der Waals surface area contributed by atoms with Crippen molar-refractivity contribution in [1.82, 2.24) is 9.97 Å². The molecule has 0 amide bonds. The fourth-order valence-corrected chi connectivity index (χ4v) is 5.24. The van der Waals surface area contributed by atoms with Crippen LogP contribution >= 0.6 is 34.7 Å². The van der Waals surface area contributed by atoms with Crippen LogP contribution in [0.15, 0.2) is 29.2 Å². The molecule has 7 heteroatoms. The first kappa shape index (κ1) is 17.1. The number of aliphatic hydroxyl groups excluding tert-OH is 1. The smallest absolute Gasteiger partial charge is 0.142 e. The molecule has 0 bridgehead atoms. The van der Waals surface area contributed by atoms with Crippen molar-refractivity contribution in [3.05, 3.63) is 45.6 Å². The number of thioether (sulfide) groups is 1. The van der Waals surface area contributed by atoms with Gasteiger partial charge >= 0.3 is 0 Å². The third-order valence-electron chi connectivity index (χ3n) is 4.20. The standard InChI is InChI=1S/C18H18ClN3OS2/c19-11-4-6-12(7-5-11)24-10-15-21-17(20-8-9-23)16-13-2-1-3-14(13)25-18(16)22-15/h4-7,23H,1-3,8-10H2,(H,20,21,22). The lowest BCUT2D eigenvalue weighted by Gasteiger charge is -2.09. The van der Waals surface area contributed by atoms with Crippen LogP contribution in [0.1, 0.15) is 22.7 Å². The number of nitrogens with zero attached hydrogens (tertiary/aromatic N) is 2. The van der Waals surface area contributed by atoms with Crippen molar-refractivity contribution in [3.63, 3.8) is 0 Å². The summed E-state index contributed by atoms with van der Waals surface area (Å²) in [7, 11) is 0. The van der Waals surface area contributed by atoms with Crippen LogP contribution in [0.4, 0.5) is 5.82 Å². The van der Waals surface area contributed by atoms with Gasteiger partial charge in [-0.05, 0) is 49.1 Å². The Labute approximate surface area is 159 Å². The van der Waals surface area contributed by atoms with E-state index in [0.29, 0.717) is 12.3 Å². The summed E-state index contributed by atoms with van der Waals surface area (Å²) in [6.07, 6.45) is 3.46. The second-order valence-corrected chi connectivity index (χ2v) is 8.49. The maximum absolute atomic E-state index is 9.17. The number of aliphatic hydroxyl groups is 1. The number of aromatic nitrogens is 2. The molecule has 0 saturated heterocycles. The normalized spacial score (nSPS) is 13.4. The molecule has 1 aliphatic rings. The maximum atomic E-state index is 9.17. The molecular weight excluding hydrogens is 374 g/mol. The fraction of sp³-hybridized carbons (Fsp3) is 0.333. The van der Waals surface area contributed by atoms with Crippen LogP contribution in [-0.4, -0.2) is 28.2 Å². The van der Waals surface area contributed by atoms with Crippen LogP contribution in [0.3, 0.4) is 0 Å². The van der Waals surface area contributed by atoms with Crippen LogP contribution in [0.25, 0.3) is 10.2 Å². The number of nitrogens with one attached hydrogen (secondary N) is 1. The Balaban J connectivity index is 1.63. The van der Waals surface area contributed by atoms with E-state index in [1.807, 2.05) is 24.3 Å². The van der Waals surface area contributed by atoms with E-state index in [9.17, 15) is 0 Å². The predicted molar refractivity (Wildman–Crippen MR) is 106 cm³/mol. The lowest BCUT2D eigenvalue weighted by Crippen LogP contribution is -2.09. The van der Waals surface area contributed by atoms with Gasteiger partial charge in [-0.15, -0.1) is 23.1 Å². The summed E-state index contributed by atoms with van der Waals surface area (Å²) < 4.78 is 0. The van der Waals surface area contributed by atoms with Crippen molar-refractivity contribution in [2.45, 2.75) is 29.9 Å². The topological polar surface area (TPSA) is 58.0 Å². The number of benzene rings is 1. The number of rotatable bonds is 6. The monoisotopic (exact) mass is 391 g/mol.